The molecule has 3 aromatic rings. The Bertz CT molecular complexity index is 1340. The molecule has 6 rings (SSSR count). The van der Waals surface area contributed by atoms with Gasteiger partial charge in [-0.1, -0.05) is 31.2 Å². The van der Waals surface area contributed by atoms with Crippen LogP contribution in [-0.2, 0) is 11.2 Å². The number of nitriles is 1. The maximum absolute atomic E-state index is 12.7. The Hall–Kier alpha value is -3.59. The van der Waals surface area contributed by atoms with Crippen molar-refractivity contribution in [1.82, 2.24) is 15.0 Å². The molecule has 3 atom stereocenters. The maximum Gasteiger partial charge on any atom is 0.176 e. The number of benzene rings is 1. The lowest BCUT2D eigenvalue weighted by molar-refractivity contribution is -0.120. The van der Waals surface area contributed by atoms with Crippen LogP contribution in [0.4, 0.5) is 5.82 Å². The summed E-state index contributed by atoms with van der Waals surface area (Å²) < 4.78 is 0. The molecule has 33 heavy (non-hydrogen) atoms. The van der Waals surface area contributed by atoms with Crippen molar-refractivity contribution in [3.8, 4) is 17.5 Å². The molecule has 1 fully saturated rings. The number of ketones is 1. The van der Waals surface area contributed by atoms with E-state index in [2.05, 4.69) is 22.0 Å². The molecule has 0 bridgehead atoms. The highest BCUT2D eigenvalue weighted by molar-refractivity contribution is 6.02. The zero-order valence-corrected chi connectivity index (χ0v) is 18.7. The van der Waals surface area contributed by atoms with Gasteiger partial charge in [0.2, 0.25) is 0 Å². The molecule has 0 spiro atoms. The molecule has 1 aromatic carbocycles. The third-order valence-corrected chi connectivity index (χ3v) is 7.61. The molecule has 6 heteroatoms. The molecule has 0 radical (unpaired) electrons. The van der Waals surface area contributed by atoms with E-state index in [9.17, 15) is 10.1 Å². The zero-order chi connectivity index (χ0) is 22.5. The summed E-state index contributed by atoms with van der Waals surface area (Å²) in [6, 6.07) is 12.2. The number of carbonyl (C=O) groups excluding carboxylic acids is 1. The van der Waals surface area contributed by atoms with Crippen LogP contribution in [0.15, 0.2) is 48.2 Å². The Morgan fingerprint density at radius 1 is 1.12 bits per heavy atom. The minimum atomic E-state index is -0.168. The molecule has 0 saturated carbocycles. The first-order chi connectivity index (χ1) is 16.2. The lowest BCUT2D eigenvalue weighted by atomic mass is 9.66. The maximum atomic E-state index is 12.7. The van der Waals surface area contributed by atoms with Crippen molar-refractivity contribution < 1.29 is 4.79 Å². The van der Waals surface area contributed by atoms with Crippen LogP contribution in [0.2, 0.25) is 0 Å². The van der Waals surface area contributed by atoms with E-state index in [4.69, 9.17) is 9.97 Å². The smallest absolute Gasteiger partial charge is 0.176 e. The first-order valence-corrected chi connectivity index (χ1v) is 11.8. The number of rotatable bonds is 2. The van der Waals surface area contributed by atoms with E-state index in [1.54, 1.807) is 0 Å². The molecule has 2 aromatic heterocycles. The van der Waals surface area contributed by atoms with Gasteiger partial charge in [-0.25, -0.2) is 9.97 Å². The standard InChI is InChI=1S/C27H25N5O/c1-16-18-8-9-21-24(22(18)14-17(15-28)25(16)33)30-26(31-27(21)32-12-4-5-13-32)20-10-11-29-23-7-3-2-6-19(20)23/h2-3,6-7,10-11,14,16,18,22H,4-5,8-9,12-13H2,1H3. The summed E-state index contributed by atoms with van der Waals surface area (Å²) in [5.41, 5.74) is 4.34. The fourth-order valence-corrected chi connectivity index (χ4v) is 5.86. The summed E-state index contributed by atoms with van der Waals surface area (Å²) in [6.45, 7) is 3.97. The molecule has 0 N–H and O–H groups in total. The van der Waals surface area contributed by atoms with Crippen LogP contribution in [-0.4, -0.2) is 33.8 Å². The number of para-hydroxylation sites is 1. The average Bonchev–Trinajstić information content (AvgIpc) is 3.40. The quantitative estimate of drug-likeness (QED) is 0.585. The number of allylic oxidation sites excluding steroid dienone is 2. The zero-order valence-electron chi connectivity index (χ0n) is 18.7. The third kappa shape index (κ3) is 3.14. The number of hydrogen-bond donors (Lipinski definition) is 0. The molecule has 0 amide bonds. The Kier molecular flexibility index (Phi) is 4.72. The van der Waals surface area contributed by atoms with Gasteiger partial charge in [0, 0.05) is 47.6 Å². The molecular weight excluding hydrogens is 410 g/mol. The van der Waals surface area contributed by atoms with Crippen molar-refractivity contribution in [2.45, 2.75) is 38.5 Å². The number of aromatic nitrogens is 3. The number of fused-ring (bicyclic) bond motifs is 4. The number of nitrogens with zero attached hydrogens (tertiary/aromatic N) is 5. The monoisotopic (exact) mass is 435 g/mol. The third-order valence-electron chi connectivity index (χ3n) is 7.61. The summed E-state index contributed by atoms with van der Waals surface area (Å²) in [6.07, 6.45) is 7.81. The van der Waals surface area contributed by atoms with Gasteiger partial charge < -0.3 is 4.90 Å². The highest BCUT2D eigenvalue weighted by atomic mass is 16.1. The van der Waals surface area contributed by atoms with E-state index in [0.717, 1.165) is 53.9 Å². The number of pyridine rings is 1. The van der Waals surface area contributed by atoms with Gasteiger partial charge in [0.1, 0.15) is 11.9 Å². The van der Waals surface area contributed by atoms with Gasteiger partial charge in [-0.15, -0.1) is 0 Å². The van der Waals surface area contributed by atoms with Crippen molar-refractivity contribution in [3.63, 3.8) is 0 Å². The number of Topliss-reactive ketones (excluding diaryl/α,β-unsaturated/α-hetero) is 1. The van der Waals surface area contributed by atoms with Crippen LogP contribution < -0.4 is 4.90 Å². The van der Waals surface area contributed by atoms with E-state index in [1.807, 2.05) is 43.5 Å². The van der Waals surface area contributed by atoms with Gasteiger partial charge in [-0.05, 0) is 43.7 Å². The lowest BCUT2D eigenvalue weighted by Crippen LogP contribution is -2.36. The fraction of sp³-hybridized carbons (Fsp3) is 0.370. The summed E-state index contributed by atoms with van der Waals surface area (Å²) in [7, 11) is 0. The summed E-state index contributed by atoms with van der Waals surface area (Å²) in [5.74, 6) is 1.67. The van der Waals surface area contributed by atoms with Crippen LogP contribution in [0.25, 0.3) is 22.3 Å². The van der Waals surface area contributed by atoms with Gasteiger partial charge in [0.05, 0.1) is 16.8 Å². The van der Waals surface area contributed by atoms with Crippen LogP contribution in [0, 0.1) is 23.2 Å². The Morgan fingerprint density at radius 2 is 1.94 bits per heavy atom. The highest BCUT2D eigenvalue weighted by Gasteiger charge is 2.42. The van der Waals surface area contributed by atoms with E-state index in [-0.39, 0.29) is 29.1 Å². The van der Waals surface area contributed by atoms with E-state index >= 15 is 0 Å². The fourth-order valence-electron chi connectivity index (χ4n) is 5.86. The van der Waals surface area contributed by atoms with Crippen LogP contribution in [0.5, 0.6) is 0 Å². The topological polar surface area (TPSA) is 82.8 Å². The Labute approximate surface area is 193 Å². The van der Waals surface area contributed by atoms with Crippen molar-refractivity contribution in [1.29, 1.82) is 5.26 Å². The lowest BCUT2D eigenvalue weighted by Gasteiger charge is -2.38. The van der Waals surface area contributed by atoms with Gasteiger partial charge >= 0.3 is 0 Å². The van der Waals surface area contributed by atoms with Gasteiger partial charge in [0.15, 0.2) is 11.6 Å². The molecule has 3 aliphatic rings. The molecule has 1 aliphatic heterocycles. The second kappa shape index (κ2) is 7.77. The Morgan fingerprint density at radius 3 is 2.76 bits per heavy atom. The predicted octanol–water partition coefficient (Wildman–Crippen LogP) is 4.61. The van der Waals surface area contributed by atoms with Gasteiger partial charge in [-0.3, -0.25) is 9.78 Å². The molecule has 3 unspecified atom stereocenters. The SMILES string of the molecule is CC1C(=O)C(C#N)=CC2c3nc(-c4ccnc5ccccc45)nc(N4CCCC4)c3CCC12. The first kappa shape index (κ1) is 20.0. The number of hydrogen-bond acceptors (Lipinski definition) is 6. The van der Waals surface area contributed by atoms with Crippen LogP contribution in [0.3, 0.4) is 0 Å². The molecule has 164 valence electrons. The van der Waals surface area contributed by atoms with Crippen molar-refractivity contribution in [2.24, 2.45) is 11.8 Å². The Balaban J connectivity index is 1.60. The van der Waals surface area contributed by atoms with Crippen LogP contribution in [0.1, 0.15) is 43.4 Å². The minimum Gasteiger partial charge on any atom is -0.356 e. The first-order valence-electron chi connectivity index (χ1n) is 11.8. The molecule has 2 aliphatic carbocycles. The van der Waals surface area contributed by atoms with E-state index in [1.165, 1.54) is 18.4 Å². The molecular formula is C27H25N5O. The highest BCUT2D eigenvalue weighted by Crippen LogP contribution is 2.47. The molecule has 6 nitrogen and oxygen atoms in total. The number of carbonyl (C=O) groups is 1. The van der Waals surface area contributed by atoms with E-state index in [0.29, 0.717) is 5.82 Å². The summed E-state index contributed by atoms with van der Waals surface area (Å²) in [4.78, 5) is 29.9. The van der Waals surface area contributed by atoms with Crippen molar-refractivity contribution in [2.75, 3.05) is 18.0 Å². The second-order valence-corrected chi connectivity index (χ2v) is 9.38. The number of anilines is 1. The molecule has 3 heterocycles. The van der Waals surface area contributed by atoms with E-state index < -0.39 is 0 Å². The minimum absolute atomic E-state index is 0.0311. The van der Waals surface area contributed by atoms with Crippen LogP contribution >= 0.6 is 0 Å². The van der Waals surface area contributed by atoms with Crippen molar-refractivity contribution >= 4 is 22.5 Å². The summed E-state index contributed by atoms with van der Waals surface area (Å²) in [5, 5.41) is 10.6. The average molecular weight is 436 g/mol. The van der Waals surface area contributed by atoms with Gasteiger partial charge in [0.25, 0.3) is 0 Å². The predicted molar refractivity (Wildman–Crippen MR) is 127 cm³/mol. The van der Waals surface area contributed by atoms with Crippen molar-refractivity contribution in [3.05, 3.63) is 59.4 Å². The van der Waals surface area contributed by atoms with Gasteiger partial charge in [-0.2, -0.15) is 5.26 Å². The molecule has 1 saturated heterocycles. The normalized spacial score (nSPS) is 24.2. The second-order valence-electron chi connectivity index (χ2n) is 9.38. The summed E-state index contributed by atoms with van der Waals surface area (Å²) >= 11 is 0. The largest absolute Gasteiger partial charge is 0.356 e.